The highest BCUT2D eigenvalue weighted by Crippen LogP contribution is 2.17. The van der Waals surface area contributed by atoms with E-state index in [9.17, 15) is 4.79 Å². The average molecular weight is 376 g/mol. The molecule has 7 nitrogen and oxygen atoms in total. The molecule has 0 saturated heterocycles. The third kappa shape index (κ3) is 3.34. The molecule has 0 saturated carbocycles. The van der Waals surface area contributed by atoms with Gasteiger partial charge in [-0.2, -0.15) is 9.67 Å². The van der Waals surface area contributed by atoms with Gasteiger partial charge in [0.1, 0.15) is 5.70 Å². The lowest BCUT2D eigenvalue weighted by Gasteiger charge is -2.04. The van der Waals surface area contributed by atoms with Crippen molar-refractivity contribution in [2.45, 2.75) is 6.92 Å². The van der Waals surface area contributed by atoms with Crippen molar-refractivity contribution in [3.8, 4) is 0 Å². The zero-order valence-electron chi connectivity index (χ0n) is 14.8. The van der Waals surface area contributed by atoms with Gasteiger partial charge in [0, 0.05) is 7.05 Å². The van der Waals surface area contributed by atoms with Crippen molar-refractivity contribution in [1.29, 1.82) is 0 Å². The summed E-state index contributed by atoms with van der Waals surface area (Å²) in [7, 11) is 1.90. The third-order valence-electron chi connectivity index (χ3n) is 4.09. The molecular weight excluding hydrogens is 360 g/mol. The monoisotopic (exact) mass is 376 g/mol. The van der Waals surface area contributed by atoms with Crippen LogP contribution in [0.5, 0.6) is 0 Å². The number of aryl methyl sites for hydroxylation is 2. The first-order valence-electron chi connectivity index (χ1n) is 8.29. The second-order valence-corrected chi connectivity index (χ2v) is 6.92. The summed E-state index contributed by atoms with van der Waals surface area (Å²) in [6, 6.07) is 17.5. The van der Waals surface area contributed by atoms with E-state index in [1.54, 1.807) is 13.0 Å². The summed E-state index contributed by atoms with van der Waals surface area (Å²) < 4.78 is 4.38. The van der Waals surface area contributed by atoms with Crippen molar-refractivity contribution < 1.29 is 4.79 Å². The van der Waals surface area contributed by atoms with Gasteiger partial charge in [-0.3, -0.25) is 4.79 Å². The van der Waals surface area contributed by atoms with Crippen molar-refractivity contribution in [2.24, 2.45) is 12.0 Å². The van der Waals surface area contributed by atoms with Gasteiger partial charge in [0.2, 0.25) is 0 Å². The van der Waals surface area contributed by atoms with E-state index in [-0.39, 0.29) is 0 Å². The number of nitrogens with zero attached hydrogens (tertiary/aromatic N) is 6. The maximum atomic E-state index is 13.0. The summed E-state index contributed by atoms with van der Waals surface area (Å²) in [6.45, 7) is 1.74. The predicted molar refractivity (Wildman–Crippen MR) is 105 cm³/mol. The molecule has 2 heterocycles. The Kier molecular flexibility index (Phi) is 4.47. The molecule has 0 unspecified atom stereocenters. The lowest BCUT2D eigenvalue weighted by atomic mass is 10.2. The highest BCUT2D eigenvalue weighted by atomic mass is 32.1. The number of para-hydroxylation sites is 1. The smallest absolute Gasteiger partial charge is 0.298 e. The van der Waals surface area contributed by atoms with Crippen molar-refractivity contribution in [3.05, 3.63) is 70.8 Å². The Morgan fingerprint density at radius 1 is 1.11 bits per heavy atom. The summed E-state index contributed by atoms with van der Waals surface area (Å²) in [4.78, 5) is 18.0. The van der Waals surface area contributed by atoms with Gasteiger partial charge in [-0.1, -0.05) is 53.8 Å². The molecule has 2 aromatic heterocycles. The zero-order chi connectivity index (χ0) is 18.8. The minimum Gasteiger partial charge on any atom is -0.319 e. The van der Waals surface area contributed by atoms with Crippen LogP contribution >= 0.6 is 11.3 Å². The fraction of sp³-hybridized carbons (Fsp3) is 0.105. The zero-order valence-corrected chi connectivity index (χ0v) is 15.6. The van der Waals surface area contributed by atoms with Crippen LogP contribution in [-0.2, 0) is 11.8 Å². The highest BCUT2D eigenvalue weighted by Gasteiger charge is 2.16. The first-order valence-corrected chi connectivity index (χ1v) is 9.11. The average Bonchev–Trinajstić information content (AvgIpc) is 3.24. The molecule has 4 aromatic rings. The Morgan fingerprint density at radius 3 is 2.56 bits per heavy atom. The van der Waals surface area contributed by atoms with Gasteiger partial charge >= 0.3 is 0 Å². The molecule has 0 radical (unpaired) electrons. The van der Waals surface area contributed by atoms with Gasteiger partial charge in [-0.25, -0.2) is 0 Å². The van der Waals surface area contributed by atoms with Gasteiger partial charge in [0.05, 0.1) is 10.2 Å². The topological polar surface area (TPSA) is 78.0 Å². The number of carbonyl (C=O) groups is 1. The van der Waals surface area contributed by atoms with Crippen LogP contribution in [0.4, 0.5) is 0 Å². The number of hydrogen-bond donors (Lipinski definition) is 0. The Bertz CT molecular complexity index is 1220. The molecule has 0 aliphatic heterocycles. The molecule has 134 valence electrons. The minimum atomic E-state index is -0.406. The molecule has 0 fully saturated rings. The van der Waals surface area contributed by atoms with Crippen molar-refractivity contribution >= 4 is 39.2 Å². The molecule has 0 N–H and O–H groups in total. The van der Waals surface area contributed by atoms with E-state index >= 15 is 0 Å². The number of rotatable bonds is 3. The molecule has 0 bridgehead atoms. The van der Waals surface area contributed by atoms with Gasteiger partial charge in [-0.15, -0.1) is 5.10 Å². The second-order valence-electron chi connectivity index (χ2n) is 5.91. The van der Waals surface area contributed by atoms with E-state index in [1.807, 2.05) is 66.2 Å². The fourth-order valence-electron chi connectivity index (χ4n) is 2.71. The number of benzene rings is 2. The standard InChI is InChI=1S/C19H16N6OS/c1-13-21-22-23-25(13)16(12-14-8-4-3-5-9-14)18(26)20-19-24(2)15-10-6-7-11-17(15)27-19/h3-12H,1-2H3. The van der Waals surface area contributed by atoms with Crippen LogP contribution in [0.25, 0.3) is 22.0 Å². The van der Waals surface area contributed by atoms with E-state index in [1.165, 1.54) is 16.0 Å². The molecular formula is C19H16N6OS. The molecule has 0 spiro atoms. The lowest BCUT2D eigenvalue weighted by molar-refractivity contribution is -0.113. The summed E-state index contributed by atoms with van der Waals surface area (Å²) in [5.41, 5.74) is 2.19. The van der Waals surface area contributed by atoms with E-state index in [0.29, 0.717) is 16.3 Å². The Balaban J connectivity index is 1.85. The van der Waals surface area contributed by atoms with E-state index < -0.39 is 5.91 Å². The lowest BCUT2D eigenvalue weighted by Crippen LogP contribution is -2.17. The summed E-state index contributed by atoms with van der Waals surface area (Å²) in [5, 5.41) is 11.5. The van der Waals surface area contributed by atoms with Crippen LogP contribution in [0.3, 0.4) is 0 Å². The second kappa shape index (κ2) is 7.08. The first kappa shape index (κ1) is 17.0. The number of hydrogen-bond acceptors (Lipinski definition) is 5. The predicted octanol–water partition coefficient (Wildman–Crippen LogP) is 2.66. The summed E-state index contributed by atoms with van der Waals surface area (Å²) in [5.74, 6) is 0.109. The fourth-order valence-corrected chi connectivity index (χ4v) is 3.72. The van der Waals surface area contributed by atoms with Crippen molar-refractivity contribution in [3.63, 3.8) is 0 Å². The molecule has 0 atom stereocenters. The molecule has 0 aliphatic rings. The van der Waals surface area contributed by atoms with Crippen molar-refractivity contribution in [1.82, 2.24) is 24.8 Å². The number of fused-ring (bicyclic) bond motifs is 1. The van der Waals surface area contributed by atoms with Crippen LogP contribution in [0.15, 0.2) is 59.6 Å². The van der Waals surface area contributed by atoms with Gasteiger partial charge < -0.3 is 4.57 Å². The van der Waals surface area contributed by atoms with Gasteiger partial charge in [0.15, 0.2) is 10.6 Å². The Labute approximate surface area is 158 Å². The first-order chi connectivity index (χ1) is 13.1. The SMILES string of the molecule is Cc1nnnn1C(=Cc1ccccc1)C(=O)N=c1sc2ccccc2n1C. The van der Waals surface area contributed by atoms with E-state index in [0.717, 1.165) is 15.8 Å². The normalized spacial score (nSPS) is 12.7. The molecule has 1 amide bonds. The molecule has 8 heteroatoms. The number of carbonyl (C=O) groups excluding carboxylic acids is 1. The van der Waals surface area contributed by atoms with Crippen molar-refractivity contribution in [2.75, 3.05) is 0 Å². The summed E-state index contributed by atoms with van der Waals surface area (Å²) in [6.07, 6.45) is 1.74. The van der Waals surface area contributed by atoms with Crippen LogP contribution in [0.2, 0.25) is 0 Å². The quantitative estimate of drug-likeness (QED) is 0.515. The maximum Gasteiger partial charge on any atom is 0.298 e. The molecule has 27 heavy (non-hydrogen) atoms. The highest BCUT2D eigenvalue weighted by molar-refractivity contribution is 7.16. The largest absolute Gasteiger partial charge is 0.319 e. The van der Waals surface area contributed by atoms with Crippen LogP contribution in [0, 0.1) is 6.92 Å². The van der Waals surface area contributed by atoms with E-state index in [4.69, 9.17) is 0 Å². The number of tetrazole rings is 1. The molecule has 4 rings (SSSR count). The number of amides is 1. The number of thiazole rings is 1. The number of aromatic nitrogens is 5. The molecule has 0 aliphatic carbocycles. The van der Waals surface area contributed by atoms with Crippen LogP contribution in [0.1, 0.15) is 11.4 Å². The minimum absolute atomic E-state index is 0.293. The van der Waals surface area contributed by atoms with E-state index in [2.05, 4.69) is 20.5 Å². The van der Waals surface area contributed by atoms with Gasteiger partial charge in [-0.05, 0) is 41.1 Å². The Hall–Kier alpha value is -3.39. The van der Waals surface area contributed by atoms with Gasteiger partial charge in [0.25, 0.3) is 5.91 Å². The molecule has 2 aromatic carbocycles. The summed E-state index contributed by atoms with van der Waals surface area (Å²) >= 11 is 1.46. The maximum absolute atomic E-state index is 13.0. The van der Waals surface area contributed by atoms with Crippen LogP contribution < -0.4 is 4.80 Å². The third-order valence-corrected chi connectivity index (χ3v) is 5.20. The van der Waals surface area contributed by atoms with Crippen LogP contribution in [-0.4, -0.2) is 30.7 Å². The Morgan fingerprint density at radius 2 is 1.85 bits per heavy atom.